The molecule has 6 aromatic rings. The van der Waals surface area contributed by atoms with Gasteiger partial charge in [0.1, 0.15) is 90.3 Å². The lowest BCUT2D eigenvalue weighted by atomic mass is 9.97. The van der Waals surface area contributed by atoms with Crippen molar-refractivity contribution in [1.29, 1.82) is 0 Å². The topological polar surface area (TPSA) is 599 Å². The number of aliphatic hydroxyl groups is 1. The van der Waals surface area contributed by atoms with E-state index in [0.717, 1.165) is 20.9 Å². The fourth-order valence-electron chi connectivity index (χ4n) is 14.4. The van der Waals surface area contributed by atoms with Gasteiger partial charge in [-0.15, -0.1) is 11.8 Å². The molecule has 14 atom stereocenters. The van der Waals surface area contributed by atoms with E-state index in [1.807, 2.05) is 30.3 Å². The van der Waals surface area contributed by atoms with E-state index in [-0.39, 0.29) is 43.8 Å². The van der Waals surface area contributed by atoms with Crippen molar-refractivity contribution in [3.8, 4) is 16.9 Å². The SMILES string of the molecule is CC(C)C[C@@H]1NC(=O)[C@H](Cc2c[nH]c3ccccc23)NC(=O)[C@H](CC(=O)O)NC(=O)[C@H](Cc2ccc(O)cc2)NC(=O)[C@H](Cc2ccccc2)NC(=O)CSC[C@@H](C(=O)NCC(N)=O)NC(=O)[C@H](CO)NC(=O)[C@H](C(C)C)NC(=O)[C@H](CC(C)C)NC(=O)[C@H](CC(N)=O)NC(=O)[C@H](C)N(C)C(=O)[C@H](C)N(C)C(=O)[C@H](C(C)C)NC(=O)[C@H](Cc2ccc(-c3ccccc3)cc2)NC1=O. The lowest BCUT2D eigenvalue weighted by molar-refractivity contribution is -0.148. The maximum Gasteiger partial charge on any atom is 0.305 e. The Balaban J connectivity index is 1.31. The average molecular weight is 1850 g/mol. The second-order valence-electron chi connectivity index (χ2n) is 34.2. The fourth-order valence-corrected chi connectivity index (χ4v) is 15.3. The van der Waals surface area contributed by atoms with Crippen LogP contribution in [-0.2, 0) is 112 Å². The Morgan fingerprint density at radius 2 is 0.841 bits per heavy atom. The van der Waals surface area contributed by atoms with Crippen LogP contribution in [0.3, 0.4) is 0 Å². The lowest BCUT2D eigenvalue weighted by Gasteiger charge is -2.34. The summed E-state index contributed by atoms with van der Waals surface area (Å²) < 4.78 is 0. The summed E-state index contributed by atoms with van der Waals surface area (Å²) in [6.45, 7) is 13.8. The molecule has 7 rings (SSSR count). The zero-order valence-electron chi connectivity index (χ0n) is 75.8. The molecule has 712 valence electrons. The van der Waals surface area contributed by atoms with Gasteiger partial charge < -0.3 is 111 Å². The molecule has 0 radical (unpaired) electrons. The molecule has 0 saturated carbocycles. The van der Waals surface area contributed by atoms with Crippen LogP contribution in [0, 0.1) is 23.7 Å². The Morgan fingerprint density at radius 3 is 1.36 bits per heavy atom. The normalized spacial score (nSPS) is 23.5. The summed E-state index contributed by atoms with van der Waals surface area (Å²) in [5.74, 6) is -22.7. The Hall–Kier alpha value is -13.8. The number of hydrogen-bond acceptors (Lipinski definition) is 21. The van der Waals surface area contributed by atoms with E-state index in [1.54, 1.807) is 127 Å². The van der Waals surface area contributed by atoms with E-state index in [2.05, 4.69) is 74.1 Å². The maximum atomic E-state index is 15.4. The number of primary amides is 2. The van der Waals surface area contributed by atoms with Gasteiger partial charge in [-0.25, -0.2) is 0 Å². The average Bonchev–Trinajstić information content (AvgIpc) is 1.58. The van der Waals surface area contributed by atoms with Crippen molar-refractivity contribution >= 4 is 129 Å². The summed E-state index contributed by atoms with van der Waals surface area (Å²) >= 11 is 0.701. The summed E-state index contributed by atoms with van der Waals surface area (Å²) in [4.78, 5) is 263. The number of carbonyl (C=O) groups is 18. The number of amides is 17. The van der Waals surface area contributed by atoms with E-state index in [9.17, 15) is 72.9 Å². The Labute approximate surface area is 768 Å². The van der Waals surface area contributed by atoms with Crippen LogP contribution in [0.1, 0.15) is 117 Å². The van der Waals surface area contributed by atoms with Crippen LogP contribution in [0.5, 0.6) is 5.75 Å². The monoisotopic (exact) mass is 1850 g/mol. The molecular formula is C92H122N18O21S. The van der Waals surface area contributed by atoms with E-state index < -0.39 is 253 Å². The molecule has 1 aromatic heterocycles. The first-order valence-corrected chi connectivity index (χ1v) is 44.5. The molecule has 1 aliphatic heterocycles. The van der Waals surface area contributed by atoms with Crippen molar-refractivity contribution in [2.24, 2.45) is 35.1 Å². The molecule has 2 heterocycles. The van der Waals surface area contributed by atoms with Crippen LogP contribution in [0.2, 0.25) is 0 Å². The largest absolute Gasteiger partial charge is 0.508 e. The highest BCUT2D eigenvalue weighted by atomic mass is 32.2. The summed E-state index contributed by atoms with van der Waals surface area (Å²) in [5.41, 5.74) is 14.9. The number of thioether (sulfide) groups is 1. The second-order valence-corrected chi connectivity index (χ2v) is 35.2. The predicted octanol–water partition coefficient (Wildman–Crippen LogP) is -0.583. The minimum atomic E-state index is -2.06. The molecule has 21 N–H and O–H groups in total. The van der Waals surface area contributed by atoms with Gasteiger partial charge in [0.15, 0.2) is 0 Å². The summed E-state index contributed by atoms with van der Waals surface area (Å²) in [7, 11) is 2.50. The van der Waals surface area contributed by atoms with E-state index in [1.165, 1.54) is 66.1 Å². The molecule has 0 aliphatic carbocycles. The number of phenols is 1. The molecule has 132 heavy (non-hydrogen) atoms. The first kappa shape index (κ1) is 105. The number of H-pyrrole nitrogens is 1. The van der Waals surface area contributed by atoms with Crippen LogP contribution in [-0.4, -0.2) is 260 Å². The van der Waals surface area contributed by atoms with Crippen LogP contribution in [0.25, 0.3) is 22.0 Å². The fraction of sp³-hybridized carbons (Fsp3) is 0.457. The first-order chi connectivity index (χ1) is 62.4. The van der Waals surface area contributed by atoms with Gasteiger partial charge in [-0.05, 0) is 102 Å². The third-order valence-corrected chi connectivity index (χ3v) is 23.0. The summed E-state index contributed by atoms with van der Waals surface area (Å²) in [6.07, 6.45) is -1.96. The van der Waals surface area contributed by atoms with Crippen LogP contribution in [0.15, 0.2) is 140 Å². The molecule has 1 fully saturated rings. The number of likely N-dealkylation sites (N-methyl/N-ethyl adjacent to an activating group) is 2. The van der Waals surface area contributed by atoms with Gasteiger partial charge in [-0.2, -0.15) is 0 Å². The first-order valence-electron chi connectivity index (χ1n) is 43.3. The number of rotatable bonds is 23. The van der Waals surface area contributed by atoms with Crippen molar-refractivity contribution in [3.63, 3.8) is 0 Å². The molecule has 0 bridgehead atoms. The standard InChI is InChI=1S/C92H122N18O21S/c1-48(2)35-63-81(120)102-67(38-55-27-31-58(32-28-55)57-23-17-14-18-24-57)88(127)108-78(51(7)8)92(131)110(12)53(10)91(130)109(11)52(9)79(118)98-69(41-73(93)113)85(124)100-64(36-49(3)4)87(126)107-77(50(5)6)90(129)105-71(45-111)89(128)106-72(80(119)96-44-74(94)114)46-132-47-75(115)97-65(37-54-21-15-13-16-22-54)82(121)101-66(39-56-29-33-60(112)34-30-56)83(122)104-70(42-76(116)117)86(125)103-68(84(123)99-63)40-59-43-95-62-26-20-19-25-61(59)62/h13-34,43,48-53,63-72,77-78,95,111-112H,35-42,44-47H2,1-12H3,(H2,93,113)(H2,94,114)(H,96,119)(H,97,115)(H,98,118)(H,99,123)(H,100,124)(H,101,121)(H,102,120)(H,103,125)(H,104,122)(H,105,129)(H,106,128)(H,107,126)(H,108,127)(H,116,117)/t52-,53-,63-,64-,65-,66-,67-,68-,69-,70-,71-,72-,77-,78-/m0/s1. The Morgan fingerprint density at radius 1 is 0.432 bits per heavy atom. The van der Waals surface area contributed by atoms with E-state index in [4.69, 9.17) is 11.5 Å². The van der Waals surface area contributed by atoms with Gasteiger partial charge in [0.2, 0.25) is 100 Å². The number of aromatic hydroxyl groups is 1. The number of hydrogen-bond donors (Lipinski definition) is 19. The Kier molecular flexibility index (Phi) is 40.2. The predicted molar refractivity (Wildman–Crippen MR) is 488 cm³/mol. The number of nitrogens with two attached hydrogens (primary N) is 2. The van der Waals surface area contributed by atoms with Crippen LogP contribution >= 0.6 is 11.8 Å². The highest BCUT2D eigenvalue weighted by Gasteiger charge is 2.42. The molecule has 1 saturated heterocycles. The van der Waals surface area contributed by atoms with Crippen molar-refractivity contribution < 1.29 is 102 Å². The number of carboxylic acid groups (broad SMARTS) is 1. The zero-order chi connectivity index (χ0) is 97.5. The minimum absolute atomic E-state index is 0.121. The Bertz CT molecular complexity index is 5080. The number of phenolic OH excluding ortho intramolecular Hbond substituents is 1. The number of aliphatic carboxylic acids is 1. The number of fused-ring (bicyclic) bond motifs is 1. The second kappa shape index (κ2) is 50.4. The number of aliphatic hydroxyl groups excluding tert-OH is 1. The van der Waals surface area contributed by atoms with Gasteiger partial charge >= 0.3 is 5.97 Å². The molecule has 1 aliphatic rings. The molecule has 5 aromatic carbocycles. The van der Waals surface area contributed by atoms with Crippen LogP contribution < -0.4 is 80.6 Å². The van der Waals surface area contributed by atoms with Crippen molar-refractivity contribution in [2.75, 3.05) is 38.8 Å². The quantitative estimate of drug-likeness (QED) is 0.0381. The highest BCUT2D eigenvalue weighted by molar-refractivity contribution is 8.00. The third kappa shape index (κ3) is 32.1. The van der Waals surface area contributed by atoms with Crippen LogP contribution in [0.4, 0.5) is 0 Å². The van der Waals surface area contributed by atoms with Crippen molar-refractivity contribution in [1.82, 2.24) is 83.9 Å². The molecule has 39 nitrogen and oxygen atoms in total. The number of para-hydroxylation sites is 1. The van der Waals surface area contributed by atoms with Gasteiger partial charge in [-0.1, -0.05) is 171 Å². The number of carbonyl (C=O) groups excluding carboxylic acids is 17. The number of carboxylic acids is 1. The van der Waals surface area contributed by atoms with Gasteiger partial charge in [-0.3, -0.25) is 86.3 Å². The summed E-state index contributed by atoms with van der Waals surface area (Å²) in [6, 6.07) is 13.9. The number of benzene rings is 5. The highest BCUT2D eigenvalue weighted by Crippen LogP contribution is 2.24. The number of aromatic nitrogens is 1. The molecule has 0 spiro atoms. The van der Waals surface area contributed by atoms with Gasteiger partial charge in [0.25, 0.3) is 0 Å². The van der Waals surface area contributed by atoms with E-state index in [0.29, 0.717) is 44.9 Å². The maximum absolute atomic E-state index is 15.4. The zero-order valence-corrected chi connectivity index (χ0v) is 76.6. The number of nitrogens with zero attached hydrogens (tertiary/aromatic N) is 2. The molecule has 40 heteroatoms. The minimum Gasteiger partial charge on any atom is -0.508 e. The smallest absolute Gasteiger partial charge is 0.305 e. The van der Waals surface area contributed by atoms with Gasteiger partial charge in [0.05, 0.1) is 31.7 Å². The number of nitrogens with one attached hydrogen (secondary N) is 14. The van der Waals surface area contributed by atoms with Gasteiger partial charge in [0, 0.05) is 62.6 Å². The van der Waals surface area contributed by atoms with Crippen molar-refractivity contribution in [3.05, 3.63) is 162 Å². The lowest BCUT2D eigenvalue weighted by Crippen LogP contribution is -2.62. The third-order valence-electron chi connectivity index (χ3n) is 22.0. The van der Waals surface area contributed by atoms with E-state index >= 15 is 28.8 Å². The molecule has 17 amide bonds. The molecular weight excluding hydrogens is 1730 g/mol. The van der Waals surface area contributed by atoms with Crippen molar-refractivity contribution in [2.45, 2.75) is 205 Å². The molecule has 0 unspecified atom stereocenters. The number of aromatic amines is 1. The summed E-state index contributed by atoms with van der Waals surface area (Å²) in [5, 5.41) is 65.2.